The van der Waals surface area contributed by atoms with Crippen LogP contribution in [0.2, 0.25) is 5.02 Å². The molecule has 0 saturated carbocycles. The summed E-state index contributed by atoms with van der Waals surface area (Å²) in [7, 11) is 0. The maximum Gasteiger partial charge on any atom is 0.421 e. The van der Waals surface area contributed by atoms with Crippen LogP contribution in [-0.2, 0) is 4.74 Å². The first-order chi connectivity index (χ1) is 10.7. The van der Waals surface area contributed by atoms with Crippen molar-refractivity contribution in [1.82, 2.24) is 4.31 Å². The van der Waals surface area contributed by atoms with Gasteiger partial charge in [-0.15, -0.1) is 0 Å². The minimum atomic E-state index is -1.08. The number of halogens is 1. The van der Waals surface area contributed by atoms with Crippen LogP contribution in [0, 0.1) is 0 Å². The van der Waals surface area contributed by atoms with Crippen molar-refractivity contribution in [3.05, 3.63) is 28.8 Å². The fourth-order valence-electron chi connectivity index (χ4n) is 2.00. The Kier molecular flexibility index (Phi) is 5.31. The summed E-state index contributed by atoms with van der Waals surface area (Å²) < 4.78 is 8.76. The summed E-state index contributed by atoms with van der Waals surface area (Å²) in [6.07, 6.45) is 0.358. The molecule has 1 saturated heterocycles. The summed E-state index contributed by atoms with van der Waals surface area (Å²) in [6, 6.07) is 4.80. The van der Waals surface area contributed by atoms with Gasteiger partial charge in [0.25, 0.3) is 0 Å². The lowest BCUT2D eigenvalue weighted by atomic mass is 10.2. The van der Waals surface area contributed by atoms with Gasteiger partial charge >= 0.3 is 12.1 Å². The van der Waals surface area contributed by atoms with E-state index in [1.807, 2.05) is 25.1 Å². The van der Waals surface area contributed by atoms with Gasteiger partial charge in [-0.2, -0.15) is 0 Å². The van der Waals surface area contributed by atoms with Crippen molar-refractivity contribution in [2.75, 3.05) is 17.4 Å². The highest BCUT2D eigenvalue weighted by Gasteiger charge is 2.28. The molecule has 1 aliphatic rings. The molecule has 0 spiro atoms. The molecule has 6 nitrogen and oxygen atoms in total. The van der Waals surface area contributed by atoms with Gasteiger partial charge in [-0.05, 0) is 45.4 Å². The molecule has 1 aliphatic heterocycles. The molecule has 0 radical (unpaired) electrons. The lowest BCUT2D eigenvalue weighted by molar-refractivity contribution is 0.0400. The van der Waals surface area contributed by atoms with E-state index >= 15 is 0 Å². The molecular formula is C15H19ClN2O4S. The molecule has 0 aliphatic carbocycles. The average Bonchev–Trinajstić information content (AvgIpc) is 2.46. The molecule has 1 fully saturated rings. The zero-order valence-electron chi connectivity index (χ0n) is 13.2. The molecule has 23 heavy (non-hydrogen) atoms. The molecule has 0 unspecified atom stereocenters. The number of ether oxygens (including phenoxy) is 1. The van der Waals surface area contributed by atoms with Gasteiger partial charge in [-0.1, -0.05) is 11.6 Å². The fraction of sp³-hybridized carbons (Fsp3) is 0.467. The second-order valence-corrected chi connectivity index (χ2v) is 7.54. The topological polar surface area (TPSA) is 70.1 Å². The number of hydrogen-bond donors (Lipinski definition) is 1. The largest absolute Gasteiger partial charge is 0.478 e. The maximum absolute atomic E-state index is 12.2. The number of carbonyl (C=O) groups is 2. The second-order valence-electron chi connectivity index (χ2n) is 6.09. The minimum absolute atomic E-state index is 0.0409. The molecule has 0 aromatic heterocycles. The van der Waals surface area contributed by atoms with Crippen LogP contribution >= 0.6 is 23.7 Å². The Morgan fingerprint density at radius 2 is 2.00 bits per heavy atom. The lowest BCUT2D eigenvalue weighted by Gasteiger charge is -2.35. The summed E-state index contributed by atoms with van der Waals surface area (Å²) in [4.78, 5) is 23.4. The van der Waals surface area contributed by atoms with E-state index < -0.39 is 17.7 Å². The van der Waals surface area contributed by atoms with Crippen LogP contribution in [0.1, 0.15) is 37.6 Å². The smallest absolute Gasteiger partial charge is 0.421 e. The number of carbonyl (C=O) groups excluding carboxylic acids is 1. The van der Waals surface area contributed by atoms with Crippen LogP contribution in [0.4, 0.5) is 10.5 Å². The summed E-state index contributed by atoms with van der Waals surface area (Å²) in [5.41, 5.74) is 0.167. The molecule has 0 bridgehead atoms. The standard InChI is InChI=1S/C15H19ClN2O4S/c1-15(2,3)22-14(21)18-8-4-7-17(23-18)10-5-6-12(16)11(9-10)13(19)20/h5-6,9H,4,7-8H2,1-3H3,(H,19,20). The number of amides is 1. The van der Waals surface area contributed by atoms with Crippen LogP contribution in [0.15, 0.2) is 18.2 Å². The first-order valence-corrected chi connectivity index (χ1v) is 8.27. The van der Waals surface area contributed by atoms with Crippen molar-refractivity contribution in [2.24, 2.45) is 0 Å². The number of rotatable bonds is 2. The van der Waals surface area contributed by atoms with E-state index in [0.717, 1.165) is 6.42 Å². The number of hydrogen-bond acceptors (Lipinski definition) is 5. The van der Waals surface area contributed by atoms with Gasteiger partial charge in [0.15, 0.2) is 0 Å². The Labute approximate surface area is 144 Å². The van der Waals surface area contributed by atoms with Gasteiger partial charge in [0.1, 0.15) is 5.60 Å². The summed E-state index contributed by atoms with van der Waals surface area (Å²) in [5.74, 6) is -1.08. The summed E-state index contributed by atoms with van der Waals surface area (Å²) in [6.45, 7) is 6.72. The van der Waals surface area contributed by atoms with Gasteiger partial charge < -0.3 is 9.84 Å². The Bertz CT molecular complexity index is 618. The SMILES string of the molecule is CC(C)(C)OC(=O)N1CCCN(c2ccc(Cl)c(C(=O)O)c2)S1. The van der Waals surface area contributed by atoms with Gasteiger partial charge in [-0.25, -0.2) is 13.9 Å². The van der Waals surface area contributed by atoms with Crippen molar-refractivity contribution in [3.8, 4) is 0 Å². The van der Waals surface area contributed by atoms with E-state index in [1.54, 1.807) is 12.1 Å². The number of aromatic carboxylic acids is 1. The Morgan fingerprint density at radius 3 is 2.61 bits per heavy atom. The maximum atomic E-state index is 12.2. The van der Waals surface area contributed by atoms with Crippen LogP contribution in [0.25, 0.3) is 0 Å². The first kappa shape index (κ1) is 17.7. The van der Waals surface area contributed by atoms with Crippen molar-refractivity contribution in [3.63, 3.8) is 0 Å². The van der Waals surface area contributed by atoms with E-state index in [9.17, 15) is 9.59 Å². The van der Waals surface area contributed by atoms with Crippen molar-refractivity contribution < 1.29 is 19.4 Å². The number of benzene rings is 1. The summed E-state index contributed by atoms with van der Waals surface area (Å²) in [5, 5.41) is 9.35. The molecule has 1 heterocycles. The van der Waals surface area contributed by atoms with Crippen LogP contribution in [0.3, 0.4) is 0 Å². The van der Waals surface area contributed by atoms with Gasteiger partial charge in [0.2, 0.25) is 0 Å². The molecule has 1 aromatic rings. The molecule has 126 valence electrons. The Hall–Kier alpha value is -1.60. The predicted octanol–water partition coefficient (Wildman–Crippen LogP) is 4.05. The number of carboxylic acids is 1. The highest BCUT2D eigenvalue weighted by Crippen LogP contribution is 2.32. The monoisotopic (exact) mass is 358 g/mol. The predicted molar refractivity (Wildman–Crippen MR) is 90.9 cm³/mol. The Balaban J connectivity index is 2.14. The van der Waals surface area contributed by atoms with E-state index in [2.05, 4.69) is 0 Å². The summed E-state index contributed by atoms with van der Waals surface area (Å²) >= 11 is 7.11. The molecule has 1 N–H and O–H groups in total. The van der Waals surface area contributed by atoms with Gasteiger partial charge in [0.05, 0.1) is 22.7 Å². The normalized spacial score (nSPS) is 15.5. The quantitative estimate of drug-likeness (QED) is 0.804. The second kappa shape index (κ2) is 6.88. The van der Waals surface area contributed by atoms with Crippen molar-refractivity contribution >= 4 is 41.5 Å². The first-order valence-electron chi connectivity index (χ1n) is 7.16. The third kappa shape index (κ3) is 4.68. The highest BCUT2D eigenvalue weighted by molar-refractivity contribution is 7.98. The molecule has 1 amide bonds. The van der Waals surface area contributed by atoms with E-state index in [-0.39, 0.29) is 10.6 Å². The average molecular weight is 359 g/mol. The third-order valence-corrected chi connectivity index (χ3v) is 4.43. The van der Waals surface area contributed by atoms with Crippen LogP contribution in [-0.4, -0.2) is 40.2 Å². The lowest BCUT2D eigenvalue weighted by Crippen LogP contribution is -2.40. The Morgan fingerprint density at radius 1 is 1.30 bits per heavy atom. The molecule has 2 rings (SSSR count). The zero-order chi connectivity index (χ0) is 17.2. The fourth-order valence-corrected chi connectivity index (χ4v) is 3.17. The van der Waals surface area contributed by atoms with E-state index in [4.69, 9.17) is 21.4 Å². The van der Waals surface area contributed by atoms with Gasteiger partial charge in [0, 0.05) is 18.8 Å². The van der Waals surface area contributed by atoms with Crippen LogP contribution < -0.4 is 4.31 Å². The number of anilines is 1. The molecular weight excluding hydrogens is 340 g/mol. The van der Waals surface area contributed by atoms with E-state index in [1.165, 1.54) is 22.5 Å². The number of carboxylic acid groups (broad SMARTS) is 1. The molecule has 0 atom stereocenters. The third-order valence-electron chi connectivity index (χ3n) is 2.98. The van der Waals surface area contributed by atoms with Crippen LogP contribution in [0.5, 0.6) is 0 Å². The van der Waals surface area contributed by atoms with Gasteiger partial charge in [-0.3, -0.25) is 4.31 Å². The van der Waals surface area contributed by atoms with Crippen molar-refractivity contribution in [2.45, 2.75) is 32.8 Å². The molecule has 8 heteroatoms. The van der Waals surface area contributed by atoms with E-state index in [0.29, 0.717) is 18.8 Å². The number of nitrogens with zero attached hydrogens (tertiary/aromatic N) is 2. The molecule has 1 aromatic carbocycles. The van der Waals surface area contributed by atoms with Crippen molar-refractivity contribution in [1.29, 1.82) is 0 Å². The minimum Gasteiger partial charge on any atom is -0.478 e. The highest BCUT2D eigenvalue weighted by atomic mass is 35.5. The zero-order valence-corrected chi connectivity index (χ0v) is 14.8.